The Labute approximate surface area is 89.7 Å². The highest BCUT2D eigenvalue weighted by Gasteiger charge is 2.07. The first-order chi connectivity index (χ1) is 7.17. The van der Waals surface area contributed by atoms with E-state index in [2.05, 4.69) is 11.4 Å². The second-order valence-electron chi connectivity index (χ2n) is 3.57. The first-order valence-electron chi connectivity index (χ1n) is 5.07. The molecule has 0 radical (unpaired) electrons. The summed E-state index contributed by atoms with van der Waals surface area (Å²) in [6.07, 6.45) is 1.29. The van der Waals surface area contributed by atoms with E-state index in [1.807, 2.05) is 13.8 Å². The van der Waals surface area contributed by atoms with Crippen LogP contribution in [0.5, 0.6) is 0 Å². The van der Waals surface area contributed by atoms with E-state index in [0.29, 0.717) is 6.42 Å². The predicted molar refractivity (Wildman–Crippen MR) is 59.1 cm³/mol. The van der Waals surface area contributed by atoms with E-state index in [-0.39, 0.29) is 11.9 Å². The average molecular weight is 206 g/mol. The molecule has 1 rings (SSSR count). The molecular weight excluding hydrogens is 191 g/mol. The molecule has 0 heterocycles. The van der Waals surface area contributed by atoms with Gasteiger partial charge in [-0.1, -0.05) is 13.0 Å². The van der Waals surface area contributed by atoms with Gasteiger partial charge in [-0.05, 0) is 31.0 Å². The largest absolute Gasteiger partial charge is 0.381 e. The van der Waals surface area contributed by atoms with Crippen LogP contribution in [0.3, 0.4) is 0 Å². The van der Waals surface area contributed by atoms with Crippen LogP contribution >= 0.6 is 0 Å². The zero-order valence-corrected chi connectivity index (χ0v) is 9.05. The fraction of sp³-hybridized carbons (Fsp3) is 0.417. The topological polar surface area (TPSA) is 35.8 Å². The summed E-state index contributed by atoms with van der Waals surface area (Å²) in [5, 5.41) is 11.8. The van der Waals surface area contributed by atoms with Crippen LogP contribution in [0.1, 0.15) is 25.3 Å². The molecule has 0 saturated carbocycles. The maximum Gasteiger partial charge on any atom is 0.125 e. The van der Waals surface area contributed by atoms with Crippen LogP contribution in [0.2, 0.25) is 0 Å². The molecule has 0 aliphatic rings. The van der Waals surface area contributed by atoms with Crippen LogP contribution in [0.4, 0.5) is 10.1 Å². The number of rotatable bonds is 4. The summed E-state index contributed by atoms with van der Waals surface area (Å²) in [6, 6.07) is 6.85. The lowest BCUT2D eigenvalue weighted by molar-refractivity contribution is 0.626. The predicted octanol–water partition coefficient (Wildman–Crippen LogP) is 3.24. The van der Waals surface area contributed by atoms with Crippen molar-refractivity contribution in [3.63, 3.8) is 0 Å². The summed E-state index contributed by atoms with van der Waals surface area (Å²) in [5.41, 5.74) is 1.77. The highest BCUT2D eigenvalue weighted by molar-refractivity contribution is 5.51. The van der Waals surface area contributed by atoms with Gasteiger partial charge in [0, 0.05) is 11.7 Å². The molecular formula is C12H15FN2. The number of hydrogen-bond acceptors (Lipinski definition) is 2. The zero-order chi connectivity index (χ0) is 11.3. The Hall–Kier alpha value is -1.56. The second kappa shape index (κ2) is 5.35. The summed E-state index contributed by atoms with van der Waals surface area (Å²) >= 11 is 0. The molecule has 0 aromatic heterocycles. The first kappa shape index (κ1) is 11.5. The molecule has 0 aliphatic heterocycles. The Kier molecular flexibility index (Phi) is 4.11. The number of nitrogens with zero attached hydrogens (tertiary/aromatic N) is 1. The van der Waals surface area contributed by atoms with Gasteiger partial charge in [-0.25, -0.2) is 4.39 Å². The molecule has 1 N–H and O–H groups in total. The third kappa shape index (κ3) is 3.25. The Morgan fingerprint density at radius 2 is 2.27 bits per heavy atom. The molecule has 0 aliphatic carbocycles. The molecule has 0 fully saturated rings. The molecule has 2 nitrogen and oxygen atoms in total. The normalized spacial score (nSPS) is 11.9. The number of hydrogen-bond donors (Lipinski definition) is 1. The number of anilines is 1. The van der Waals surface area contributed by atoms with E-state index in [9.17, 15) is 4.39 Å². The van der Waals surface area contributed by atoms with Gasteiger partial charge >= 0.3 is 0 Å². The van der Waals surface area contributed by atoms with Gasteiger partial charge in [0.05, 0.1) is 12.5 Å². The Morgan fingerprint density at radius 3 is 2.87 bits per heavy atom. The van der Waals surface area contributed by atoms with Gasteiger partial charge in [0.15, 0.2) is 0 Å². The highest BCUT2D eigenvalue weighted by Crippen LogP contribution is 2.18. The second-order valence-corrected chi connectivity index (χ2v) is 3.57. The number of halogens is 1. The maximum absolute atomic E-state index is 13.0. The van der Waals surface area contributed by atoms with E-state index in [4.69, 9.17) is 5.26 Å². The van der Waals surface area contributed by atoms with Crippen LogP contribution < -0.4 is 5.32 Å². The van der Waals surface area contributed by atoms with Gasteiger partial charge in [-0.15, -0.1) is 0 Å². The van der Waals surface area contributed by atoms with Gasteiger partial charge in [0.25, 0.3) is 0 Å². The summed E-state index contributed by atoms with van der Waals surface area (Å²) in [7, 11) is 0. The molecule has 3 heteroatoms. The SMILES string of the molecule is CCC(CC#N)Nc1cc(F)ccc1C. The summed E-state index contributed by atoms with van der Waals surface area (Å²) < 4.78 is 13.0. The van der Waals surface area contributed by atoms with Crippen molar-refractivity contribution < 1.29 is 4.39 Å². The lowest BCUT2D eigenvalue weighted by Crippen LogP contribution is -2.18. The van der Waals surface area contributed by atoms with Gasteiger partial charge < -0.3 is 5.32 Å². The van der Waals surface area contributed by atoms with E-state index >= 15 is 0 Å². The van der Waals surface area contributed by atoms with Crippen molar-refractivity contribution in [2.45, 2.75) is 32.7 Å². The Balaban J connectivity index is 2.78. The van der Waals surface area contributed by atoms with Gasteiger partial charge in [-0.3, -0.25) is 0 Å². The Bertz CT molecular complexity index is 368. The van der Waals surface area contributed by atoms with E-state index < -0.39 is 0 Å². The van der Waals surface area contributed by atoms with Gasteiger partial charge in [0.2, 0.25) is 0 Å². The third-order valence-electron chi connectivity index (χ3n) is 2.39. The van der Waals surface area contributed by atoms with Crippen molar-refractivity contribution in [3.8, 4) is 6.07 Å². The van der Waals surface area contributed by atoms with Gasteiger partial charge in [-0.2, -0.15) is 5.26 Å². The van der Waals surface area contributed by atoms with E-state index in [0.717, 1.165) is 17.7 Å². The lowest BCUT2D eigenvalue weighted by Gasteiger charge is -2.16. The molecule has 0 amide bonds. The summed E-state index contributed by atoms with van der Waals surface area (Å²) in [6.45, 7) is 3.92. The fourth-order valence-electron chi connectivity index (χ4n) is 1.38. The van der Waals surface area contributed by atoms with Crippen LogP contribution in [-0.4, -0.2) is 6.04 Å². The monoisotopic (exact) mass is 206 g/mol. The molecule has 1 aromatic carbocycles. The standard InChI is InChI=1S/C12H15FN2/c1-3-11(6-7-14)15-12-8-10(13)5-4-9(12)2/h4-5,8,11,15H,3,6H2,1-2H3. The van der Waals surface area contributed by atoms with E-state index in [1.54, 1.807) is 6.07 Å². The highest BCUT2D eigenvalue weighted by atomic mass is 19.1. The Morgan fingerprint density at radius 1 is 1.53 bits per heavy atom. The van der Waals surface area contributed by atoms with Crippen molar-refractivity contribution in [1.82, 2.24) is 0 Å². The van der Waals surface area contributed by atoms with Crippen LogP contribution in [0, 0.1) is 24.1 Å². The quantitative estimate of drug-likeness (QED) is 0.820. The number of nitriles is 1. The first-order valence-corrected chi connectivity index (χ1v) is 5.07. The number of benzene rings is 1. The van der Waals surface area contributed by atoms with Crippen LogP contribution in [0.15, 0.2) is 18.2 Å². The zero-order valence-electron chi connectivity index (χ0n) is 9.05. The molecule has 0 bridgehead atoms. The molecule has 1 atom stereocenters. The van der Waals surface area contributed by atoms with Crippen molar-refractivity contribution in [3.05, 3.63) is 29.6 Å². The minimum atomic E-state index is -0.255. The lowest BCUT2D eigenvalue weighted by atomic mass is 10.1. The molecule has 15 heavy (non-hydrogen) atoms. The summed E-state index contributed by atoms with van der Waals surface area (Å²) in [5.74, 6) is -0.255. The summed E-state index contributed by atoms with van der Waals surface area (Å²) in [4.78, 5) is 0. The van der Waals surface area contributed by atoms with E-state index in [1.165, 1.54) is 12.1 Å². The van der Waals surface area contributed by atoms with Crippen molar-refractivity contribution in [2.75, 3.05) is 5.32 Å². The molecule has 80 valence electrons. The van der Waals surface area contributed by atoms with Crippen molar-refractivity contribution >= 4 is 5.69 Å². The van der Waals surface area contributed by atoms with Crippen molar-refractivity contribution in [2.24, 2.45) is 0 Å². The van der Waals surface area contributed by atoms with Gasteiger partial charge in [0.1, 0.15) is 5.82 Å². The maximum atomic E-state index is 13.0. The molecule has 0 saturated heterocycles. The molecule has 1 aromatic rings. The molecule has 0 spiro atoms. The van der Waals surface area contributed by atoms with Crippen LogP contribution in [-0.2, 0) is 0 Å². The number of nitrogens with one attached hydrogen (secondary N) is 1. The minimum Gasteiger partial charge on any atom is -0.381 e. The average Bonchev–Trinajstić information content (AvgIpc) is 2.22. The minimum absolute atomic E-state index is 0.0931. The smallest absolute Gasteiger partial charge is 0.125 e. The fourth-order valence-corrected chi connectivity index (χ4v) is 1.38. The van der Waals surface area contributed by atoms with Crippen LogP contribution in [0.25, 0.3) is 0 Å². The molecule has 1 unspecified atom stereocenters. The van der Waals surface area contributed by atoms with Crippen molar-refractivity contribution in [1.29, 1.82) is 5.26 Å². The number of aryl methyl sites for hydroxylation is 1. The third-order valence-corrected chi connectivity index (χ3v) is 2.39.